The van der Waals surface area contributed by atoms with Crippen LogP contribution >= 0.6 is 11.6 Å². The maximum atomic E-state index is 13.2. The summed E-state index contributed by atoms with van der Waals surface area (Å²) in [4.78, 5) is 17.7. The van der Waals surface area contributed by atoms with Crippen molar-refractivity contribution in [2.24, 2.45) is 7.05 Å². The molecule has 6 nitrogen and oxygen atoms in total. The molecule has 0 fully saturated rings. The van der Waals surface area contributed by atoms with Crippen LogP contribution in [0.4, 0.5) is 0 Å². The quantitative estimate of drug-likeness (QED) is 0.598. The smallest absolute Gasteiger partial charge is 0.252 e. The third-order valence-electron chi connectivity index (χ3n) is 4.71. The number of aromatic nitrogens is 2. The molecule has 1 unspecified atom stereocenters. The fraction of sp³-hybridized carbons (Fsp3) is 0.217. The van der Waals surface area contributed by atoms with E-state index in [9.17, 15) is 4.79 Å². The minimum atomic E-state index is -0.451. The molecular formula is C23H24ClN3O3. The summed E-state index contributed by atoms with van der Waals surface area (Å²) in [6.45, 7) is 1.90. The van der Waals surface area contributed by atoms with E-state index in [1.807, 2.05) is 49.0 Å². The van der Waals surface area contributed by atoms with Gasteiger partial charge in [-0.2, -0.15) is 0 Å². The Hall–Kier alpha value is -3.25. The van der Waals surface area contributed by atoms with E-state index < -0.39 is 6.04 Å². The largest absolute Gasteiger partial charge is 0.493 e. The van der Waals surface area contributed by atoms with Gasteiger partial charge in [0.05, 0.1) is 14.2 Å². The number of rotatable bonds is 7. The van der Waals surface area contributed by atoms with Crippen LogP contribution in [0.1, 0.15) is 40.3 Å². The van der Waals surface area contributed by atoms with E-state index in [1.54, 1.807) is 44.7 Å². The number of carbonyl (C=O) groups is 1. The highest BCUT2D eigenvalue weighted by atomic mass is 35.5. The monoisotopic (exact) mass is 425 g/mol. The average Bonchev–Trinajstić information content (AvgIpc) is 3.17. The van der Waals surface area contributed by atoms with Gasteiger partial charge in [0.25, 0.3) is 5.91 Å². The van der Waals surface area contributed by atoms with Crippen molar-refractivity contribution >= 4 is 23.6 Å². The number of nitrogens with one attached hydrogen (secondary N) is 1. The lowest BCUT2D eigenvalue weighted by molar-refractivity contribution is 0.0940. The second kappa shape index (κ2) is 9.50. The number of amides is 1. The molecule has 0 saturated carbocycles. The minimum Gasteiger partial charge on any atom is -0.493 e. The summed E-state index contributed by atoms with van der Waals surface area (Å²) in [6.07, 6.45) is 7.28. The Balaban J connectivity index is 2.01. The zero-order valence-electron chi connectivity index (χ0n) is 17.3. The maximum Gasteiger partial charge on any atom is 0.252 e. The molecular weight excluding hydrogens is 402 g/mol. The van der Waals surface area contributed by atoms with Crippen LogP contribution in [-0.4, -0.2) is 29.7 Å². The molecule has 0 aliphatic heterocycles. The molecule has 0 radical (unpaired) electrons. The van der Waals surface area contributed by atoms with Gasteiger partial charge in [0.1, 0.15) is 11.9 Å². The number of hydrogen-bond donors (Lipinski definition) is 1. The number of imidazole rings is 1. The number of nitrogens with zero attached hydrogens (tertiary/aromatic N) is 2. The third-order valence-corrected chi connectivity index (χ3v) is 4.96. The average molecular weight is 426 g/mol. The Labute approximate surface area is 181 Å². The molecule has 2 aromatic carbocycles. The second-order valence-electron chi connectivity index (χ2n) is 6.66. The Morgan fingerprint density at radius 3 is 2.50 bits per heavy atom. The molecule has 30 heavy (non-hydrogen) atoms. The van der Waals surface area contributed by atoms with Gasteiger partial charge in [-0.15, -0.1) is 0 Å². The highest BCUT2D eigenvalue weighted by molar-refractivity contribution is 6.30. The maximum absolute atomic E-state index is 13.2. The van der Waals surface area contributed by atoms with Crippen LogP contribution in [0.15, 0.2) is 54.9 Å². The molecule has 3 rings (SSSR count). The highest BCUT2D eigenvalue weighted by Gasteiger charge is 2.23. The van der Waals surface area contributed by atoms with Gasteiger partial charge in [-0.25, -0.2) is 4.98 Å². The van der Waals surface area contributed by atoms with Crippen molar-refractivity contribution < 1.29 is 14.3 Å². The van der Waals surface area contributed by atoms with Gasteiger partial charge in [0.15, 0.2) is 11.5 Å². The van der Waals surface area contributed by atoms with E-state index in [0.29, 0.717) is 27.9 Å². The van der Waals surface area contributed by atoms with Gasteiger partial charge in [-0.05, 0) is 36.8 Å². The molecule has 1 aromatic heterocycles. The zero-order valence-corrected chi connectivity index (χ0v) is 18.1. The number of ether oxygens (including phenoxy) is 2. The van der Waals surface area contributed by atoms with Gasteiger partial charge >= 0.3 is 0 Å². The Bertz CT molecular complexity index is 1060. The van der Waals surface area contributed by atoms with Crippen molar-refractivity contribution in [1.29, 1.82) is 0 Å². The van der Waals surface area contributed by atoms with Crippen LogP contribution in [0.2, 0.25) is 5.02 Å². The molecule has 1 heterocycles. The first-order chi connectivity index (χ1) is 14.5. The van der Waals surface area contributed by atoms with Gasteiger partial charge in [0.2, 0.25) is 0 Å². The second-order valence-corrected chi connectivity index (χ2v) is 7.09. The molecule has 0 aliphatic carbocycles. The summed E-state index contributed by atoms with van der Waals surface area (Å²) >= 11 is 6.04. The molecule has 1 N–H and O–H groups in total. The van der Waals surface area contributed by atoms with Crippen molar-refractivity contribution in [3.63, 3.8) is 0 Å². The van der Waals surface area contributed by atoms with Crippen LogP contribution in [0, 0.1) is 0 Å². The lowest BCUT2D eigenvalue weighted by Gasteiger charge is -2.20. The number of benzene rings is 2. The number of methoxy groups -OCH3 is 2. The molecule has 0 bridgehead atoms. The molecule has 0 aliphatic rings. The van der Waals surface area contributed by atoms with Crippen LogP contribution < -0.4 is 14.8 Å². The van der Waals surface area contributed by atoms with Crippen molar-refractivity contribution in [1.82, 2.24) is 14.9 Å². The first-order valence-electron chi connectivity index (χ1n) is 9.40. The number of aryl methyl sites for hydroxylation is 1. The van der Waals surface area contributed by atoms with E-state index in [1.165, 1.54) is 0 Å². The highest BCUT2D eigenvalue weighted by Crippen LogP contribution is 2.34. The zero-order chi connectivity index (χ0) is 21.7. The fourth-order valence-electron chi connectivity index (χ4n) is 3.25. The number of halogens is 1. The van der Waals surface area contributed by atoms with Gasteiger partial charge < -0.3 is 19.4 Å². The van der Waals surface area contributed by atoms with Crippen molar-refractivity contribution in [2.75, 3.05) is 14.2 Å². The normalized spacial score (nSPS) is 12.0. The lowest BCUT2D eigenvalue weighted by Crippen LogP contribution is -2.31. The van der Waals surface area contributed by atoms with E-state index in [2.05, 4.69) is 10.3 Å². The van der Waals surface area contributed by atoms with Gasteiger partial charge in [-0.3, -0.25) is 4.79 Å². The molecule has 7 heteroatoms. The van der Waals surface area contributed by atoms with Gasteiger partial charge in [0, 0.05) is 35.6 Å². The Morgan fingerprint density at radius 1 is 1.20 bits per heavy atom. The first kappa shape index (κ1) is 21.5. The summed E-state index contributed by atoms with van der Waals surface area (Å²) in [7, 11) is 5.00. The predicted octanol–water partition coefficient (Wildman–Crippen LogP) is 4.64. The molecule has 1 amide bonds. The summed E-state index contributed by atoms with van der Waals surface area (Å²) in [5.41, 5.74) is 2.08. The molecule has 0 saturated heterocycles. The van der Waals surface area contributed by atoms with E-state index >= 15 is 0 Å². The summed E-state index contributed by atoms with van der Waals surface area (Å²) in [5, 5.41) is 3.71. The van der Waals surface area contributed by atoms with Crippen molar-refractivity contribution in [3.05, 3.63) is 82.4 Å². The third kappa shape index (κ3) is 4.49. The van der Waals surface area contributed by atoms with E-state index in [0.717, 1.165) is 11.1 Å². The number of allylic oxidation sites excluding steroid dienone is 1. The van der Waals surface area contributed by atoms with Crippen molar-refractivity contribution in [2.45, 2.75) is 13.0 Å². The number of hydrogen-bond acceptors (Lipinski definition) is 4. The molecule has 156 valence electrons. The van der Waals surface area contributed by atoms with E-state index in [-0.39, 0.29) is 5.91 Å². The van der Waals surface area contributed by atoms with Crippen LogP contribution in [0.25, 0.3) is 6.08 Å². The molecule has 1 atom stereocenters. The minimum absolute atomic E-state index is 0.260. The van der Waals surface area contributed by atoms with Crippen LogP contribution in [0.3, 0.4) is 0 Å². The number of carbonyl (C=O) groups excluding carboxylic acids is 1. The SMILES string of the molecule is C/C=C/c1cc(C(=O)NC(c2ccc(Cl)cc2)c2nccn2C)cc(OC)c1OC. The van der Waals surface area contributed by atoms with E-state index in [4.69, 9.17) is 21.1 Å². The Kier molecular flexibility index (Phi) is 6.79. The molecule has 3 aromatic rings. The van der Waals surface area contributed by atoms with Crippen LogP contribution in [0.5, 0.6) is 11.5 Å². The Morgan fingerprint density at radius 2 is 1.93 bits per heavy atom. The summed E-state index contributed by atoms with van der Waals surface area (Å²) in [6, 6.07) is 10.3. The van der Waals surface area contributed by atoms with Gasteiger partial charge in [-0.1, -0.05) is 35.9 Å². The fourth-order valence-corrected chi connectivity index (χ4v) is 3.38. The predicted molar refractivity (Wildman–Crippen MR) is 118 cm³/mol. The standard InChI is InChI=1S/C23H24ClN3O3/c1-5-6-16-13-17(14-19(29-3)21(16)30-4)23(28)26-20(22-25-11-12-27(22)2)15-7-9-18(24)10-8-15/h5-14,20H,1-4H3,(H,26,28)/b6-5+. The first-order valence-corrected chi connectivity index (χ1v) is 9.78. The topological polar surface area (TPSA) is 65.4 Å². The lowest BCUT2D eigenvalue weighted by atomic mass is 10.0. The molecule has 0 spiro atoms. The van der Waals surface area contributed by atoms with Crippen LogP contribution in [-0.2, 0) is 7.05 Å². The summed E-state index contributed by atoms with van der Waals surface area (Å²) in [5.74, 6) is 1.51. The van der Waals surface area contributed by atoms with Crippen molar-refractivity contribution in [3.8, 4) is 11.5 Å². The summed E-state index contributed by atoms with van der Waals surface area (Å²) < 4.78 is 12.8.